The van der Waals surface area contributed by atoms with Crippen molar-refractivity contribution in [2.45, 2.75) is 27.4 Å². The molecule has 7 heteroatoms. The normalized spacial score (nSPS) is 10.5. The fraction of sp³-hybridized carbons (Fsp3) is 0.263. The highest BCUT2D eigenvalue weighted by Crippen LogP contribution is 2.21. The minimum absolute atomic E-state index is 0.122. The monoisotopic (exact) mass is 362 g/mol. The molecule has 0 spiro atoms. The van der Waals surface area contributed by atoms with E-state index in [0.29, 0.717) is 5.69 Å². The lowest BCUT2D eigenvalue weighted by molar-refractivity contribution is -0.115. The van der Waals surface area contributed by atoms with Gasteiger partial charge in [0, 0.05) is 11.3 Å². The van der Waals surface area contributed by atoms with Crippen LogP contribution in [0.5, 0.6) is 5.75 Å². The van der Waals surface area contributed by atoms with Gasteiger partial charge in [-0.2, -0.15) is 8.78 Å². The molecule has 2 aromatic carbocycles. The Bertz CT molecular complexity index is 799. The molecule has 0 aliphatic rings. The number of hydrogen-bond donors (Lipinski definition) is 2. The highest BCUT2D eigenvalue weighted by atomic mass is 19.3. The van der Waals surface area contributed by atoms with Crippen molar-refractivity contribution in [3.8, 4) is 5.75 Å². The fourth-order valence-corrected chi connectivity index (χ4v) is 2.64. The number of hydrogen-bond acceptors (Lipinski definition) is 3. The zero-order valence-electron chi connectivity index (χ0n) is 14.7. The van der Waals surface area contributed by atoms with Gasteiger partial charge in [0.2, 0.25) is 5.91 Å². The van der Waals surface area contributed by atoms with Crippen molar-refractivity contribution in [1.82, 2.24) is 5.32 Å². The van der Waals surface area contributed by atoms with Crippen molar-refractivity contribution in [2.24, 2.45) is 0 Å². The van der Waals surface area contributed by atoms with Crippen LogP contribution in [-0.2, 0) is 4.79 Å². The highest BCUT2D eigenvalue weighted by Gasteiger charge is 2.12. The van der Waals surface area contributed by atoms with Gasteiger partial charge >= 0.3 is 6.61 Å². The molecule has 0 atom stereocenters. The summed E-state index contributed by atoms with van der Waals surface area (Å²) in [5, 5.41) is 5.23. The van der Waals surface area contributed by atoms with Crippen molar-refractivity contribution in [2.75, 3.05) is 11.9 Å². The van der Waals surface area contributed by atoms with Gasteiger partial charge in [0.25, 0.3) is 5.91 Å². The van der Waals surface area contributed by atoms with Crippen LogP contribution in [0.1, 0.15) is 27.0 Å². The van der Waals surface area contributed by atoms with Gasteiger partial charge in [-0.25, -0.2) is 0 Å². The van der Waals surface area contributed by atoms with E-state index in [-0.39, 0.29) is 23.8 Å². The molecule has 0 aliphatic heterocycles. The van der Waals surface area contributed by atoms with E-state index in [9.17, 15) is 18.4 Å². The maximum Gasteiger partial charge on any atom is 0.387 e. The average molecular weight is 362 g/mol. The Morgan fingerprint density at radius 1 is 1.08 bits per heavy atom. The van der Waals surface area contributed by atoms with Crippen LogP contribution in [0.25, 0.3) is 0 Å². The van der Waals surface area contributed by atoms with Gasteiger partial charge in [0.1, 0.15) is 5.75 Å². The first kappa shape index (κ1) is 19.4. The van der Waals surface area contributed by atoms with E-state index in [1.807, 2.05) is 32.9 Å². The van der Waals surface area contributed by atoms with Gasteiger partial charge in [-0.1, -0.05) is 23.8 Å². The van der Waals surface area contributed by atoms with E-state index >= 15 is 0 Å². The Kier molecular flexibility index (Phi) is 6.27. The van der Waals surface area contributed by atoms with Gasteiger partial charge in [0.15, 0.2) is 0 Å². The zero-order valence-corrected chi connectivity index (χ0v) is 14.7. The molecule has 0 aromatic heterocycles. The van der Waals surface area contributed by atoms with Gasteiger partial charge in [-0.3, -0.25) is 9.59 Å². The summed E-state index contributed by atoms with van der Waals surface area (Å²) in [4.78, 5) is 24.2. The Morgan fingerprint density at radius 3 is 2.35 bits per heavy atom. The number of carbonyl (C=O) groups is 2. The molecular formula is C19H20F2N2O3. The molecule has 26 heavy (non-hydrogen) atoms. The number of halogens is 2. The Labute approximate surface area is 150 Å². The molecule has 2 aromatic rings. The van der Waals surface area contributed by atoms with Crippen LogP contribution in [-0.4, -0.2) is 25.0 Å². The first-order chi connectivity index (χ1) is 12.3. The number of amides is 2. The summed E-state index contributed by atoms with van der Waals surface area (Å²) in [5.74, 6) is -1.06. The summed E-state index contributed by atoms with van der Waals surface area (Å²) in [6.45, 7) is 2.54. The standard InChI is InChI=1S/C19H20F2N2O3/c1-11-7-12(2)17(13(3)8-11)23-16(24)10-22-18(25)14-5-4-6-15(9-14)26-19(20)21/h4-9,19H,10H2,1-3H3,(H,22,25)(H,23,24). The van der Waals surface area contributed by atoms with Crippen molar-refractivity contribution in [3.05, 3.63) is 58.7 Å². The minimum Gasteiger partial charge on any atom is -0.435 e. The van der Waals surface area contributed by atoms with Crippen LogP contribution in [0.3, 0.4) is 0 Å². The third-order valence-electron chi connectivity index (χ3n) is 3.67. The predicted molar refractivity (Wildman–Crippen MR) is 94.7 cm³/mol. The molecular weight excluding hydrogens is 342 g/mol. The van der Waals surface area contributed by atoms with Crippen LogP contribution in [0.4, 0.5) is 14.5 Å². The predicted octanol–water partition coefficient (Wildman–Crippen LogP) is 3.58. The molecule has 0 saturated heterocycles. The lowest BCUT2D eigenvalue weighted by Crippen LogP contribution is -2.33. The SMILES string of the molecule is Cc1cc(C)c(NC(=O)CNC(=O)c2cccc(OC(F)F)c2)c(C)c1. The van der Waals surface area contributed by atoms with Crippen molar-refractivity contribution < 1.29 is 23.1 Å². The maximum absolute atomic E-state index is 12.2. The average Bonchev–Trinajstić information content (AvgIpc) is 2.55. The molecule has 0 fully saturated rings. The summed E-state index contributed by atoms with van der Waals surface area (Å²) >= 11 is 0. The van der Waals surface area contributed by atoms with Gasteiger partial charge in [-0.05, 0) is 50.1 Å². The van der Waals surface area contributed by atoms with Crippen LogP contribution < -0.4 is 15.4 Å². The molecule has 0 aliphatic carbocycles. The molecule has 0 radical (unpaired) electrons. The number of carbonyl (C=O) groups excluding carboxylic acids is 2. The first-order valence-corrected chi connectivity index (χ1v) is 7.97. The van der Waals surface area contributed by atoms with Crippen LogP contribution >= 0.6 is 0 Å². The maximum atomic E-state index is 12.2. The Balaban J connectivity index is 1.96. The topological polar surface area (TPSA) is 67.4 Å². The largest absolute Gasteiger partial charge is 0.435 e. The van der Waals surface area contributed by atoms with Crippen molar-refractivity contribution >= 4 is 17.5 Å². The van der Waals surface area contributed by atoms with Crippen molar-refractivity contribution in [1.29, 1.82) is 0 Å². The summed E-state index contributed by atoms with van der Waals surface area (Å²) in [7, 11) is 0. The number of nitrogens with one attached hydrogen (secondary N) is 2. The molecule has 0 saturated carbocycles. The molecule has 138 valence electrons. The minimum atomic E-state index is -2.97. The summed E-state index contributed by atoms with van der Waals surface area (Å²) in [5.41, 5.74) is 3.79. The second kappa shape index (κ2) is 8.42. The van der Waals surface area contributed by atoms with E-state index in [1.165, 1.54) is 24.3 Å². The first-order valence-electron chi connectivity index (χ1n) is 7.97. The van der Waals surface area contributed by atoms with Gasteiger partial charge in [-0.15, -0.1) is 0 Å². The summed E-state index contributed by atoms with van der Waals surface area (Å²) in [6, 6.07) is 9.28. The Hall–Kier alpha value is -2.96. The number of aryl methyl sites for hydroxylation is 3. The smallest absolute Gasteiger partial charge is 0.387 e. The van der Waals surface area contributed by atoms with Gasteiger partial charge in [0.05, 0.1) is 6.54 Å². The molecule has 2 N–H and O–H groups in total. The third kappa shape index (κ3) is 5.27. The zero-order chi connectivity index (χ0) is 19.3. The highest BCUT2D eigenvalue weighted by molar-refractivity contribution is 6.00. The van der Waals surface area contributed by atoms with Gasteiger partial charge < -0.3 is 15.4 Å². The molecule has 0 unspecified atom stereocenters. The fourth-order valence-electron chi connectivity index (χ4n) is 2.64. The molecule has 5 nitrogen and oxygen atoms in total. The lowest BCUT2D eigenvalue weighted by Gasteiger charge is -2.13. The summed E-state index contributed by atoms with van der Waals surface area (Å²) < 4.78 is 28.7. The molecule has 0 bridgehead atoms. The molecule has 2 rings (SSSR count). The van der Waals surface area contributed by atoms with E-state index in [4.69, 9.17) is 0 Å². The van der Waals surface area contributed by atoms with E-state index in [1.54, 1.807) is 0 Å². The van der Waals surface area contributed by atoms with Crippen molar-refractivity contribution in [3.63, 3.8) is 0 Å². The second-order valence-corrected chi connectivity index (χ2v) is 5.91. The van der Waals surface area contributed by atoms with Crippen LogP contribution in [0.2, 0.25) is 0 Å². The van der Waals surface area contributed by atoms with Crippen LogP contribution in [0, 0.1) is 20.8 Å². The molecule has 0 heterocycles. The molecule has 2 amide bonds. The van der Waals surface area contributed by atoms with E-state index in [2.05, 4.69) is 15.4 Å². The quantitative estimate of drug-likeness (QED) is 0.825. The number of rotatable bonds is 6. The number of ether oxygens (including phenoxy) is 1. The lowest BCUT2D eigenvalue weighted by atomic mass is 10.1. The number of alkyl halides is 2. The number of benzene rings is 2. The van der Waals surface area contributed by atoms with E-state index < -0.39 is 12.5 Å². The Morgan fingerprint density at radius 2 is 1.73 bits per heavy atom. The second-order valence-electron chi connectivity index (χ2n) is 5.91. The number of anilines is 1. The third-order valence-corrected chi connectivity index (χ3v) is 3.67. The summed E-state index contributed by atoms with van der Waals surface area (Å²) in [6.07, 6.45) is 0. The van der Waals surface area contributed by atoms with E-state index in [0.717, 1.165) is 16.7 Å². The van der Waals surface area contributed by atoms with Crippen LogP contribution in [0.15, 0.2) is 36.4 Å².